The smallest absolute Gasteiger partial charge is 0.238 e. The van der Waals surface area contributed by atoms with Gasteiger partial charge in [-0.3, -0.25) is 4.99 Å². The fourth-order valence-corrected chi connectivity index (χ4v) is 4.19. The maximum Gasteiger partial charge on any atom is 0.238 e. The summed E-state index contributed by atoms with van der Waals surface area (Å²) >= 11 is 0. The second-order valence-electron chi connectivity index (χ2n) is 7.56. The van der Waals surface area contributed by atoms with Gasteiger partial charge >= 0.3 is 0 Å². The Morgan fingerprint density at radius 2 is 1.73 bits per heavy atom. The molecule has 0 amide bonds. The maximum absolute atomic E-state index is 11.3. The van der Waals surface area contributed by atoms with Crippen molar-refractivity contribution in [3.05, 3.63) is 65.7 Å². The van der Waals surface area contributed by atoms with Gasteiger partial charge < -0.3 is 10.6 Å². The summed E-state index contributed by atoms with van der Waals surface area (Å²) in [4.78, 5) is 5.00. The summed E-state index contributed by atoms with van der Waals surface area (Å²) in [6, 6.07) is 17.4. The van der Waals surface area contributed by atoms with Gasteiger partial charge in [0.05, 0.1) is 11.4 Å². The average Bonchev–Trinajstić information content (AvgIpc) is 2.67. The normalized spacial score (nSPS) is 15.6. The standard InChI is InChI=1S/C22H30N4O2S.HI/c1-2-24-21(25-16-13-18-9-11-20(12-10-18)29(23,27)28)26-17-22(14-6-15-22)19-7-4-3-5-8-19;/h3-5,7-12H,2,6,13-17H2,1H3,(H2,23,27,28)(H2,24,25,26);1H. The first-order valence-corrected chi connectivity index (χ1v) is 11.7. The number of sulfonamides is 1. The third-order valence-corrected chi connectivity index (χ3v) is 6.47. The first-order chi connectivity index (χ1) is 13.9. The second-order valence-corrected chi connectivity index (χ2v) is 9.12. The van der Waals surface area contributed by atoms with E-state index < -0.39 is 10.0 Å². The van der Waals surface area contributed by atoms with Crippen LogP contribution in [-0.4, -0.2) is 34.0 Å². The minimum atomic E-state index is -3.65. The van der Waals surface area contributed by atoms with Crippen LogP contribution in [0, 0.1) is 0 Å². The van der Waals surface area contributed by atoms with Crippen molar-refractivity contribution in [3.8, 4) is 0 Å². The highest BCUT2D eigenvalue weighted by Crippen LogP contribution is 2.43. The molecule has 8 heteroatoms. The van der Waals surface area contributed by atoms with E-state index >= 15 is 0 Å². The second kappa shape index (κ2) is 11.1. The van der Waals surface area contributed by atoms with Gasteiger partial charge in [-0.05, 0) is 49.4 Å². The maximum atomic E-state index is 11.3. The Morgan fingerprint density at radius 3 is 2.27 bits per heavy atom. The molecule has 2 aromatic carbocycles. The zero-order chi connectivity index (χ0) is 20.7. The van der Waals surface area contributed by atoms with Crippen LogP contribution in [0.4, 0.5) is 0 Å². The number of rotatable bonds is 8. The van der Waals surface area contributed by atoms with Crippen molar-refractivity contribution >= 4 is 40.0 Å². The van der Waals surface area contributed by atoms with E-state index in [0.717, 1.165) is 31.0 Å². The number of nitrogens with two attached hydrogens (primary N) is 1. The van der Waals surface area contributed by atoms with Gasteiger partial charge in [0.2, 0.25) is 10.0 Å². The molecule has 0 heterocycles. The number of nitrogens with one attached hydrogen (secondary N) is 2. The van der Waals surface area contributed by atoms with Gasteiger partial charge in [0.1, 0.15) is 0 Å². The lowest BCUT2D eigenvalue weighted by Gasteiger charge is -2.41. The number of halogens is 1. The van der Waals surface area contributed by atoms with Crippen molar-refractivity contribution in [2.45, 2.75) is 42.9 Å². The summed E-state index contributed by atoms with van der Waals surface area (Å²) in [5.41, 5.74) is 2.58. The first-order valence-electron chi connectivity index (χ1n) is 10.1. The highest BCUT2D eigenvalue weighted by atomic mass is 127. The van der Waals surface area contributed by atoms with Crippen LogP contribution in [0.5, 0.6) is 0 Å². The minimum Gasteiger partial charge on any atom is -0.357 e. The molecule has 30 heavy (non-hydrogen) atoms. The fourth-order valence-electron chi connectivity index (χ4n) is 3.68. The molecule has 0 unspecified atom stereocenters. The van der Waals surface area contributed by atoms with Gasteiger partial charge in [0, 0.05) is 18.5 Å². The number of benzene rings is 2. The summed E-state index contributed by atoms with van der Waals surface area (Å²) in [5, 5.41) is 11.8. The van der Waals surface area contributed by atoms with Crippen LogP contribution in [0.1, 0.15) is 37.3 Å². The van der Waals surface area contributed by atoms with Gasteiger partial charge in [-0.2, -0.15) is 0 Å². The lowest BCUT2D eigenvalue weighted by molar-refractivity contribution is 0.253. The zero-order valence-corrected chi connectivity index (χ0v) is 20.5. The van der Waals surface area contributed by atoms with E-state index in [1.165, 1.54) is 24.8 Å². The summed E-state index contributed by atoms with van der Waals surface area (Å²) in [7, 11) is -3.65. The Labute approximate surface area is 196 Å². The summed E-state index contributed by atoms with van der Waals surface area (Å²) < 4.78 is 22.7. The van der Waals surface area contributed by atoms with Crippen LogP contribution >= 0.6 is 24.0 Å². The number of nitrogens with zero attached hydrogens (tertiary/aromatic N) is 1. The Morgan fingerprint density at radius 1 is 1.07 bits per heavy atom. The highest BCUT2D eigenvalue weighted by molar-refractivity contribution is 14.0. The Hall–Kier alpha value is -1.65. The van der Waals surface area contributed by atoms with Crippen LogP contribution in [0.15, 0.2) is 64.5 Å². The molecule has 0 radical (unpaired) electrons. The van der Waals surface area contributed by atoms with Crippen molar-refractivity contribution in [1.82, 2.24) is 10.6 Å². The Balaban J connectivity index is 0.00000320. The molecule has 0 atom stereocenters. The number of primary sulfonamides is 1. The molecule has 1 aliphatic rings. The molecular weight excluding hydrogens is 511 g/mol. The van der Waals surface area contributed by atoms with Gasteiger partial charge in [-0.15, -0.1) is 24.0 Å². The van der Waals surface area contributed by atoms with Crippen molar-refractivity contribution in [3.63, 3.8) is 0 Å². The van der Waals surface area contributed by atoms with Gasteiger partial charge in [0.15, 0.2) is 5.96 Å². The molecule has 3 rings (SSSR count). The van der Waals surface area contributed by atoms with Crippen LogP contribution in [0.25, 0.3) is 0 Å². The number of hydrogen-bond donors (Lipinski definition) is 3. The molecule has 1 aliphatic carbocycles. The molecule has 0 aliphatic heterocycles. The monoisotopic (exact) mass is 542 g/mol. The molecule has 2 aromatic rings. The predicted octanol–water partition coefficient (Wildman–Crippen LogP) is 3.17. The number of guanidine groups is 1. The molecule has 0 saturated heterocycles. The van der Waals surface area contributed by atoms with E-state index in [0.29, 0.717) is 6.54 Å². The molecule has 1 fully saturated rings. The third kappa shape index (κ3) is 6.42. The molecular formula is C22H31IN4O2S. The van der Waals surface area contributed by atoms with E-state index in [4.69, 9.17) is 10.1 Å². The molecule has 0 spiro atoms. The van der Waals surface area contributed by atoms with E-state index in [1.54, 1.807) is 24.3 Å². The van der Waals surface area contributed by atoms with Crippen molar-refractivity contribution in [1.29, 1.82) is 0 Å². The fraction of sp³-hybridized carbons (Fsp3) is 0.409. The van der Waals surface area contributed by atoms with Gasteiger partial charge in [-0.1, -0.05) is 48.9 Å². The minimum absolute atomic E-state index is 0. The molecule has 0 aromatic heterocycles. The number of hydrogen-bond acceptors (Lipinski definition) is 3. The SMILES string of the molecule is CCNC(=NCC1(c2ccccc2)CCC1)NCCc1ccc(S(N)(=O)=O)cc1.I. The van der Waals surface area contributed by atoms with Crippen LogP contribution in [0.3, 0.4) is 0 Å². The van der Waals surface area contributed by atoms with Crippen LogP contribution < -0.4 is 15.8 Å². The predicted molar refractivity (Wildman–Crippen MR) is 133 cm³/mol. The topological polar surface area (TPSA) is 96.6 Å². The van der Waals surface area contributed by atoms with Crippen molar-refractivity contribution in [2.24, 2.45) is 10.1 Å². The molecule has 1 saturated carbocycles. The lowest BCUT2D eigenvalue weighted by atomic mass is 9.64. The van der Waals surface area contributed by atoms with E-state index in [-0.39, 0.29) is 34.3 Å². The third-order valence-electron chi connectivity index (χ3n) is 5.54. The van der Waals surface area contributed by atoms with Crippen LogP contribution in [-0.2, 0) is 21.9 Å². The summed E-state index contributed by atoms with van der Waals surface area (Å²) in [5.74, 6) is 0.816. The zero-order valence-electron chi connectivity index (χ0n) is 17.3. The van der Waals surface area contributed by atoms with Gasteiger partial charge in [-0.25, -0.2) is 13.6 Å². The summed E-state index contributed by atoms with van der Waals surface area (Å²) in [6.07, 6.45) is 4.37. The van der Waals surface area contributed by atoms with E-state index in [2.05, 4.69) is 47.9 Å². The van der Waals surface area contributed by atoms with E-state index in [9.17, 15) is 8.42 Å². The van der Waals surface area contributed by atoms with Gasteiger partial charge in [0.25, 0.3) is 0 Å². The van der Waals surface area contributed by atoms with Crippen LogP contribution in [0.2, 0.25) is 0 Å². The number of aliphatic imine (C=N–C) groups is 1. The van der Waals surface area contributed by atoms with Crippen molar-refractivity contribution in [2.75, 3.05) is 19.6 Å². The molecule has 0 bridgehead atoms. The summed E-state index contributed by atoms with van der Waals surface area (Å²) in [6.45, 7) is 4.33. The molecule has 6 nitrogen and oxygen atoms in total. The van der Waals surface area contributed by atoms with Crippen molar-refractivity contribution < 1.29 is 8.42 Å². The Bertz CT molecular complexity index is 927. The largest absolute Gasteiger partial charge is 0.357 e. The quantitative estimate of drug-likeness (QED) is 0.271. The molecule has 164 valence electrons. The lowest BCUT2D eigenvalue weighted by Crippen LogP contribution is -2.42. The first kappa shape index (κ1) is 24.6. The molecule has 4 N–H and O–H groups in total. The van der Waals surface area contributed by atoms with E-state index in [1.807, 2.05) is 0 Å². The average molecular weight is 542 g/mol. The Kier molecular flexibility index (Phi) is 9.11. The highest BCUT2D eigenvalue weighted by Gasteiger charge is 2.38.